The number of unbranched alkanes of at least 4 members (excludes halogenated alkanes) is 46. The standard InChI is InChI=1S/C74H144O17P2/c1-6-9-12-15-18-21-24-26-27-28-29-30-32-35-38-44-49-54-59-73(78)90-69(63-85-72(77)58-53-48-43-37-34-31-25-22-19-16-13-10-7-2)65-88-92(80,81)86-61-68(75)62-87-93(82,83)89-66-70(91-74(79)60-55-50-45-40-39-41-46-51-56-67(4)5)64-84-71(76)57-52-47-42-36-33-23-20-17-14-11-8-3/h67-70,75H,6-66H2,1-5H3,(H,80,81)(H,82,83)/t68-,69-,70-/m1/s1. The van der Waals surface area contributed by atoms with Crippen LogP contribution < -0.4 is 0 Å². The molecule has 0 aromatic rings. The molecule has 0 aliphatic heterocycles. The van der Waals surface area contributed by atoms with Crippen molar-refractivity contribution in [1.82, 2.24) is 0 Å². The van der Waals surface area contributed by atoms with Gasteiger partial charge in [0.15, 0.2) is 12.2 Å². The van der Waals surface area contributed by atoms with E-state index in [1.807, 2.05) is 0 Å². The molecule has 0 aromatic carbocycles. The molecule has 0 heterocycles. The normalized spacial score (nSPS) is 14.0. The third kappa shape index (κ3) is 68.4. The maximum Gasteiger partial charge on any atom is 0.472 e. The van der Waals surface area contributed by atoms with Crippen molar-refractivity contribution in [3.8, 4) is 0 Å². The number of hydrogen-bond donors (Lipinski definition) is 3. The van der Waals surface area contributed by atoms with Gasteiger partial charge in [-0.05, 0) is 31.6 Å². The first kappa shape index (κ1) is 91.1. The molecule has 0 spiro atoms. The zero-order valence-corrected chi connectivity index (χ0v) is 62.2. The van der Waals surface area contributed by atoms with Gasteiger partial charge in [-0.1, -0.05) is 336 Å². The van der Waals surface area contributed by atoms with E-state index in [9.17, 15) is 43.2 Å². The fourth-order valence-corrected chi connectivity index (χ4v) is 12.9. The molecular weight excluding hydrogens is 1220 g/mol. The zero-order chi connectivity index (χ0) is 68.4. The van der Waals surface area contributed by atoms with Gasteiger partial charge in [-0.2, -0.15) is 0 Å². The maximum atomic E-state index is 13.1. The average Bonchev–Trinajstić information content (AvgIpc) is 1.82. The highest BCUT2D eigenvalue weighted by Crippen LogP contribution is 2.45. The number of esters is 4. The fraction of sp³-hybridized carbons (Fsp3) is 0.946. The van der Waals surface area contributed by atoms with Gasteiger partial charge in [0.2, 0.25) is 0 Å². The van der Waals surface area contributed by atoms with Crippen LogP contribution in [-0.2, 0) is 65.4 Å². The Labute approximate surface area is 568 Å². The predicted molar refractivity (Wildman–Crippen MR) is 377 cm³/mol. The number of ether oxygens (including phenoxy) is 4. The van der Waals surface area contributed by atoms with E-state index in [0.29, 0.717) is 25.7 Å². The Morgan fingerprint density at radius 3 is 0.731 bits per heavy atom. The van der Waals surface area contributed by atoms with Crippen LogP contribution in [-0.4, -0.2) is 96.7 Å². The molecule has 17 nitrogen and oxygen atoms in total. The van der Waals surface area contributed by atoms with Crippen LogP contribution in [0, 0.1) is 5.92 Å². The van der Waals surface area contributed by atoms with E-state index < -0.39 is 97.5 Å². The Kier molecular flexibility index (Phi) is 65.9. The molecule has 0 radical (unpaired) electrons. The van der Waals surface area contributed by atoms with Crippen LogP contribution in [0.3, 0.4) is 0 Å². The summed E-state index contributed by atoms with van der Waals surface area (Å²) in [4.78, 5) is 72.7. The van der Waals surface area contributed by atoms with E-state index in [-0.39, 0.29) is 25.7 Å². The van der Waals surface area contributed by atoms with Crippen LogP contribution in [0.2, 0.25) is 0 Å². The van der Waals surface area contributed by atoms with Gasteiger partial charge in [0.25, 0.3) is 0 Å². The summed E-state index contributed by atoms with van der Waals surface area (Å²) in [5.41, 5.74) is 0. The molecule has 0 aliphatic carbocycles. The second-order valence-electron chi connectivity index (χ2n) is 27.2. The summed E-state index contributed by atoms with van der Waals surface area (Å²) >= 11 is 0. The van der Waals surface area contributed by atoms with Gasteiger partial charge in [0, 0.05) is 25.7 Å². The van der Waals surface area contributed by atoms with Gasteiger partial charge in [0.05, 0.1) is 26.4 Å². The lowest BCUT2D eigenvalue weighted by Crippen LogP contribution is -2.30. The summed E-state index contributed by atoms with van der Waals surface area (Å²) in [6.45, 7) is 7.24. The number of carbonyl (C=O) groups is 4. The maximum absolute atomic E-state index is 13.1. The van der Waals surface area contributed by atoms with Crippen LogP contribution in [0.4, 0.5) is 0 Å². The van der Waals surface area contributed by atoms with E-state index in [1.165, 1.54) is 212 Å². The van der Waals surface area contributed by atoms with E-state index in [4.69, 9.17) is 37.0 Å². The average molecular weight is 1370 g/mol. The summed E-state index contributed by atoms with van der Waals surface area (Å²) in [6.07, 6.45) is 55.4. The minimum absolute atomic E-state index is 0.105. The number of carbonyl (C=O) groups excluding carboxylic acids is 4. The monoisotopic (exact) mass is 1370 g/mol. The molecule has 5 atom stereocenters. The quantitative estimate of drug-likeness (QED) is 0.0222. The molecule has 0 bridgehead atoms. The Morgan fingerprint density at radius 2 is 0.495 bits per heavy atom. The molecule has 0 amide bonds. The van der Waals surface area contributed by atoms with E-state index in [2.05, 4.69) is 34.6 Å². The first-order valence-electron chi connectivity index (χ1n) is 38.6. The molecular formula is C74H144O17P2. The number of hydrogen-bond acceptors (Lipinski definition) is 15. The molecule has 0 rings (SSSR count). The minimum atomic E-state index is -4.95. The third-order valence-electron chi connectivity index (χ3n) is 17.3. The summed E-state index contributed by atoms with van der Waals surface area (Å²) in [5.74, 6) is -1.40. The first-order valence-corrected chi connectivity index (χ1v) is 41.6. The van der Waals surface area contributed by atoms with Gasteiger partial charge < -0.3 is 33.8 Å². The highest BCUT2D eigenvalue weighted by Gasteiger charge is 2.30. The van der Waals surface area contributed by atoms with Crippen LogP contribution >= 0.6 is 15.6 Å². The first-order chi connectivity index (χ1) is 45.0. The molecule has 0 saturated carbocycles. The smallest absolute Gasteiger partial charge is 0.462 e. The van der Waals surface area contributed by atoms with Crippen LogP contribution in [0.25, 0.3) is 0 Å². The van der Waals surface area contributed by atoms with E-state index in [1.54, 1.807) is 0 Å². The van der Waals surface area contributed by atoms with Gasteiger partial charge in [-0.15, -0.1) is 0 Å². The minimum Gasteiger partial charge on any atom is -0.462 e. The molecule has 2 unspecified atom stereocenters. The van der Waals surface area contributed by atoms with Crippen molar-refractivity contribution in [3.05, 3.63) is 0 Å². The van der Waals surface area contributed by atoms with Crippen molar-refractivity contribution in [3.63, 3.8) is 0 Å². The van der Waals surface area contributed by atoms with Crippen molar-refractivity contribution in [2.45, 2.75) is 406 Å². The topological polar surface area (TPSA) is 237 Å². The highest BCUT2D eigenvalue weighted by molar-refractivity contribution is 7.47. The summed E-state index contributed by atoms with van der Waals surface area (Å²) in [7, 11) is -9.90. The molecule has 0 fully saturated rings. The number of phosphoric acid groups is 2. The van der Waals surface area contributed by atoms with Gasteiger partial charge in [-0.25, -0.2) is 9.13 Å². The summed E-state index contributed by atoms with van der Waals surface area (Å²) < 4.78 is 68.4. The number of aliphatic hydroxyl groups excluding tert-OH is 1. The number of rotatable bonds is 74. The van der Waals surface area contributed by atoms with Gasteiger partial charge in [0.1, 0.15) is 19.3 Å². The highest BCUT2D eigenvalue weighted by atomic mass is 31.2. The molecule has 0 aliphatic rings. The lowest BCUT2D eigenvalue weighted by molar-refractivity contribution is -0.161. The Balaban J connectivity index is 5.23. The second-order valence-corrected chi connectivity index (χ2v) is 30.1. The number of phosphoric ester groups is 2. The molecule has 0 aromatic heterocycles. The summed E-state index contributed by atoms with van der Waals surface area (Å²) in [6, 6.07) is 0. The largest absolute Gasteiger partial charge is 0.472 e. The second kappa shape index (κ2) is 67.3. The van der Waals surface area contributed by atoms with E-state index in [0.717, 1.165) is 95.8 Å². The summed E-state index contributed by atoms with van der Waals surface area (Å²) in [5, 5.41) is 10.6. The number of aliphatic hydroxyl groups is 1. The molecule has 552 valence electrons. The SMILES string of the molecule is CCCCCCCCCCCCCCCCCCCCC(=O)O[C@H](COC(=O)CCCCCCCCCCCCCCC)COP(=O)(O)OC[C@@H](O)COP(=O)(O)OC[C@@H](COC(=O)CCCCCCCCCCCCC)OC(=O)CCCCCCCCCCC(C)C. The predicted octanol–water partition coefficient (Wildman–Crippen LogP) is 21.7. The van der Waals surface area contributed by atoms with Crippen molar-refractivity contribution in [1.29, 1.82) is 0 Å². The van der Waals surface area contributed by atoms with Gasteiger partial charge in [-0.3, -0.25) is 37.3 Å². The molecule has 19 heteroatoms. The molecule has 0 saturated heterocycles. The Hall–Kier alpha value is -1.94. The Bertz CT molecular complexity index is 1790. The fourth-order valence-electron chi connectivity index (χ4n) is 11.4. The van der Waals surface area contributed by atoms with Crippen LogP contribution in [0.1, 0.15) is 388 Å². The zero-order valence-electron chi connectivity index (χ0n) is 60.4. The Morgan fingerprint density at radius 1 is 0.290 bits per heavy atom. The van der Waals surface area contributed by atoms with Crippen molar-refractivity contribution in [2.75, 3.05) is 39.6 Å². The van der Waals surface area contributed by atoms with Crippen LogP contribution in [0.5, 0.6) is 0 Å². The van der Waals surface area contributed by atoms with Crippen molar-refractivity contribution < 1.29 is 80.2 Å². The van der Waals surface area contributed by atoms with Crippen LogP contribution in [0.15, 0.2) is 0 Å². The third-order valence-corrected chi connectivity index (χ3v) is 19.2. The van der Waals surface area contributed by atoms with Crippen molar-refractivity contribution >= 4 is 39.5 Å². The van der Waals surface area contributed by atoms with E-state index >= 15 is 0 Å². The molecule has 93 heavy (non-hydrogen) atoms. The lowest BCUT2D eigenvalue weighted by atomic mass is 10.0. The van der Waals surface area contributed by atoms with Crippen molar-refractivity contribution in [2.24, 2.45) is 5.92 Å². The van der Waals surface area contributed by atoms with Gasteiger partial charge >= 0.3 is 39.5 Å². The molecule has 3 N–H and O–H groups in total. The lowest BCUT2D eigenvalue weighted by Gasteiger charge is -2.21.